The van der Waals surface area contributed by atoms with Gasteiger partial charge in [-0.2, -0.15) is 5.10 Å². The third-order valence-corrected chi connectivity index (χ3v) is 10.5. The van der Waals surface area contributed by atoms with Gasteiger partial charge in [0.25, 0.3) is 0 Å². The Balaban J connectivity index is 0.930. The van der Waals surface area contributed by atoms with E-state index in [1.54, 1.807) is 6.20 Å². The molecule has 0 aliphatic carbocycles. The summed E-state index contributed by atoms with van der Waals surface area (Å²) in [6.07, 6.45) is 6.24. The first-order valence-corrected chi connectivity index (χ1v) is 16.7. The SMILES string of the molecule is CC(C)Sc1ccccc1CN1CCC2(CC1)CCN(CC(=O)Nc1nnc(N[C@@H]3CCN(c4cccnn4)C3)s1)C2. The van der Waals surface area contributed by atoms with E-state index in [1.807, 2.05) is 23.9 Å². The molecule has 3 aliphatic heterocycles. The standard InChI is InChI=1S/C30H41N9OS2/c1-22(2)41-25-7-4-3-6-23(25)18-37-15-10-30(11-16-37)12-17-38(21-30)20-27(40)33-29-36-35-28(42-29)32-24-9-14-39(19-24)26-8-5-13-31-34-26/h3-8,13,22,24H,9-12,14-21H2,1-2H3,(H,32,35)(H,33,36,40)/t24-/m1/s1. The van der Waals surface area contributed by atoms with Gasteiger partial charge in [0, 0.05) is 48.6 Å². The number of carbonyl (C=O) groups excluding carboxylic acids is 1. The average molecular weight is 608 g/mol. The number of thioether (sulfide) groups is 1. The summed E-state index contributed by atoms with van der Waals surface area (Å²) in [5.41, 5.74) is 1.78. The Labute approximate surface area is 256 Å². The van der Waals surface area contributed by atoms with Gasteiger partial charge in [-0.1, -0.05) is 43.4 Å². The van der Waals surface area contributed by atoms with E-state index in [4.69, 9.17) is 0 Å². The number of piperidine rings is 1. The van der Waals surface area contributed by atoms with Crippen molar-refractivity contribution in [3.05, 3.63) is 48.2 Å². The monoisotopic (exact) mass is 607 g/mol. The molecule has 3 saturated heterocycles. The smallest absolute Gasteiger partial charge is 0.240 e. The lowest BCUT2D eigenvalue weighted by molar-refractivity contribution is -0.117. The molecule has 6 rings (SSSR count). The van der Waals surface area contributed by atoms with Crippen molar-refractivity contribution in [1.29, 1.82) is 0 Å². The van der Waals surface area contributed by atoms with Gasteiger partial charge in [-0.05, 0) is 74.5 Å². The van der Waals surface area contributed by atoms with Crippen LogP contribution < -0.4 is 15.5 Å². The largest absolute Gasteiger partial charge is 0.355 e. The van der Waals surface area contributed by atoms with Gasteiger partial charge in [-0.3, -0.25) is 19.9 Å². The summed E-state index contributed by atoms with van der Waals surface area (Å²) in [5.74, 6) is 0.879. The van der Waals surface area contributed by atoms with E-state index in [0.29, 0.717) is 22.3 Å². The molecule has 3 aromatic rings. The summed E-state index contributed by atoms with van der Waals surface area (Å²) in [5, 5.41) is 25.0. The summed E-state index contributed by atoms with van der Waals surface area (Å²) < 4.78 is 0. The highest BCUT2D eigenvalue weighted by Gasteiger charge is 2.41. The normalized spacial score (nSPS) is 20.9. The van der Waals surface area contributed by atoms with E-state index in [0.717, 1.165) is 63.2 Å². The van der Waals surface area contributed by atoms with Crippen molar-refractivity contribution < 1.29 is 4.79 Å². The van der Waals surface area contributed by atoms with Crippen LogP contribution in [0.4, 0.5) is 16.1 Å². The van der Waals surface area contributed by atoms with E-state index in [1.165, 1.54) is 41.1 Å². The number of hydrogen-bond donors (Lipinski definition) is 2. The van der Waals surface area contributed by atoms with Crippen molar-refractivity contribution in [3.63, 3.8) is 0 Å². The number of anilines is 3. The predicted octanol–water partition coefficient (Wildman–Crippen LogP) is 4.45. The molecule has 224 valence electrons. The fraction of sp³-hybridized carbons (Fsp3) is 0.567. The summed E-state index contributed by atoms with van der Waals surface area (Å²) in [6.45, 7) is 11.9. The maximum Gasteiger partial charge on any atom is 0.240 e. The van der Waals surface area contributed by atoms with E-state index >= 15 is 0 Å². The van der Waals surface area contributed by atoms with Gasteiger partial charge < -0.3 is 10.2 Å². The second-order valence-corrected chi connectivity index (χ2v) is 14.7. The Morgan fingerprint density at radius 2 is 1.81 bits per heavy atom. The van der Waals surface area contributed by atoms with Gasteiger partial charge >= 0.3 is 0 Å². The van der Waals surface area contributed by atoms with Crippen LogP contribution in [0.2, 0.25) is 0 Å². The number of aromatic nitrogens is 4. The maximum absolute atomic E-state index is 12.9. The highest BCUT2D eigenvalue weighted by molar-refractivity contribution is 8.00. The Morgan fingerprint density at radius 1 is 1.02 bits per heavy atom. The van der Waals surface area contributed by atoms with E-state index in [-0.39, 0.29) is 11.9 Å². The van der Waals surface area contributed by atoms with Crippen molar-refractivity contribution in [2.24, 2.45) is 5.41 Å². The van der Waals surface area contributed by atoms with E-state index in [9.17, 15) is 4.79 Å². The lowest BCUT2D eigenvalue weighted by Gasteiger charge is -2.39. The van der Waals surface area contributed by atoms with E-state index in [2.05, 4.69) is 83.8 Å². The number of rotatable bonds is 10. The van der Waals surface area contributed by atoms with Crippen LogP contribution in [0.3, 0.4) is 0 Å². The Hall–Kier alpha value is -2.80. The number of nitrogens with zero attached hydrogens (tertiary/aromatic N) is 7. The molecule has 5 heterocycles. The number of nitrogens with one attached hydrogen (secondary N) is 2. The molecule has 2 aromatic heterocycles. The minimum atomic E-state index is -0.0128. The van der Waals surface area contributed by atoms with Crippen LogP contribution in [0.1, 0.15) is 45.1 Å². The van der Waals surface area contributed by atoms with Crippen molar-refractivity contribution in [3.8, 4) is 0 Å². The Kier molecular flexibility index (Phi) is 9.23. The summed E-state index contributed by atoms with van der Waals surface area (Å²) in [6, 6.07) is 13.0. The van der Waals surface area contributed by atoms with E-state index < -0.39 is 0 Å². The van der Waals surface area contributed by atoms with Crippen molar-refractivity contribution in [2.75, 3.05) is 61.3 Å². The Morgan fingerprint density at radius 3 is 2.60 bits per heavy atom. The van der Waals surface area contributed by atoms with Crippen molar-refractivity contribution >= 4 is 45.1 Å². The molecule has 12 heteroatoms. The molecule has 1 atom stereocenters. The third kappa shape index (κ3) is 7.39. The second kappa shape index (κ2) is 13.2. The van der Waals surface area contributed by atoms with Crippen LogP contribution in [0.15, 0.2) is 47.5 Å². The molecule has 3 fully saturated rings. The number of hydrogen-bond acceptors (Lipinski definition) is 11. The zero-order chi connectivity index (χ0) is 28.9. The van der Waals surface area contributed by atoms with Gasteiger partial charge in [0.1, 0.15) is 0 Å². The highest BCUT2D eigenvalue weighted by Crippen LogP contribution is 2.41. The van der Waals surface area contributed by atoms with Gasteiger partial charge in [0.15, 0.2) is 5.82 Å². The lowest BCUT2D eigenvalue weighted by Crippen LogP contribution is -2.42. The number of benzene rings is 1. The molecule has 0 saturated carbocycles. The summed E-state index contributed by atoms with van der Waals surface area (Å²) in [7, 11) is 0. The molecule has 1 aromatic carbocycles. The number of carbonyl (C=O) groups is 1. The van der Waals surface area contributed by atoms with Gasteiger partial charge in [-0.25, -0.2) is 0 Å². The lowest BCUT2D eigenvalue weighted by atomic mass is 9.77. The first kappa shape index (κ1) is 29.3. The zero-order valence-corrected chi connectivity index (χ0v) is 26.2. The topological polar surface area (TPSA) is 102 Å². The molecule has 0 radical (unpaired) electrons. The zero-order valence-electron chi connectivity index (χ0n) is 24.5. The van der Waals surface area contributed by atoms with Crippen LogP contribution >= 0.6 is 23.1 Å². The molecule has 2 N–H and O–H groups in total. The van der Waals surface area contributed by atoms with Gasteiger partial charge in [0.05, 0.1) is 6.54 Å². The molecule has 0 unspecified atom stereocenters. The number of likely N-dealkylation sites (tertiary alicyclic amines) is 2. The van der Waals surface area contributed by atoms with Crippen LogP contribution in [0.25, 0.3) is 0 Å². The van der Waals surface area contributed by atoms with Crippen molar-refractivity contribution in [2.45, 2.75) is 62.3 Å². The predicted molar refractivity (Wildman–Crippen MR) is 170 cm³/mol. The summed E-state index contributed by atoms with van der Waals surface area (Å²) in [4.78, 5) is 21.4. The molecule has 0 bridgehead atoms. The fourth-order valence-corrected chi connectivity index (χ4v) is 8.10. The highest BCUT2D eigenvalue weighted by atomic mass is 32.2. The fourth-order valence-electron chi connectivity index (χ4n) is 6.42. The van der Waals surface area contributed by atoms with Crippen LogP contribution in [-0.2, 0) is 11.3 Å². The first-order chi connectivity index (χ1) is 20.4. The first-order valence-electron chi connectivity index (χ1n) is 15.0. The van der Waals surface area contributed by atoms with Crippen LogP contribution in [0.5, 0.6) is 0 Å². The molecule has 1 spiro atoms. The Bertz CT molecular complexity index is 1330. The molecule has 3 aliphatic rings. The van der Waals surface area contributed by atoms with Crippen LogP contribution in [0, 0.1) is 5.41 Å². The minimum Gasteiger partial charge on any atom is -0.355 e. The second-order valence-electron chi connectivity index (χ2n) is 12.1. The van der Waals surface area contributed by atoms with Gasteiger partial charge in [0.2, 0.25) is 16.2 Å². The minimum absolute atomic E-state index is 0.0128. The quantitative estimate of drug-likeness (QED) is 0.322. The van der Waals surface area contributed by atoms with Crippen LogP contribution in [-0.4, -0.2) is 93.2 Å². The molecular weight excluding hydrogens is 567 g/mol. The number of amides is 1. The molecule has 42 heavy (non-hydrogen) atoms. The summed E-state index contributed by atoms with van der Waals surface area (Å²) >= 11 is 3.35. The molecule has 10 nitrogen and oxygen atoms in total. The maximum atomic E-state index is 12.9. The van der Waals surface area contributed by atoms with Gasteiger partial charge in [-0.15, -0.1) is 27.1 Å². The van der Waals surface area contributed by atoms with Crippen molar-refractivity contribution in [1.82, 2.24) is 30.2 Å². The molecular formula is C30H41N9OS2. The average Bonchev–Trinajstić information content (AvgIpc) is 3.73. The molecule has 1 amide bonds. The third-order valence-electron chi connectivity index (χ3n) is 8.60.